The van der Waals surface area contributed by atoms with Crippen molar-refractivity contribution in [2.24, 2.45) is 5.92 Å². The quantitative estimate of drug-likeness (QED) is 0.703. The van der Waals surface area contributed by atoms with Gasteiger partial charge in [-0.3, -0.25) is 4.79 Å². The summed E-state index contributed by atoms with van der Waals surface area (Å²) in [5.74, 6) is 1.15. The van der Waals surface area contributed by atoms with Gasteiger partial charge in [0, 0.05) is 19.5 Å². The van der Waals surface area contributed by atoms with Gasteiger partial charge in [-0.1, -0.05) is 19.8 Å². The molecular formula is C13H26N2O. The van der Waals surface area contributed by atoms with Crippen LogP contribution in [-0.4, -0.2) is 37.5 Å². The molecule has 0 radical (unpaired) electrons. The van der Waals surface area contributed by atoms with Crippen LogP contribution in [0.5, 0.6) is 0 Å². The maximum atomic E-state index is 11.9. The van der Waals surface area contributed by atoms with Gasteiger partial charge < -0.3 is 10.2 Å². The van der Waals surface area contributed by atoms with E-state index in [-0.39, 0.29) is 0 Å². The second-order valence-corrected chi connectivity index (χ2v) is 4.82. The average molecular weight is 226 g/mol. The molecule has 0 spiro atoms. The van der Waals surface area contributed by atoms with Crippen molar-refractivity contribution < 1.29 is 4.79 Å². The van der Waals surface area contributed by atoms with Gasteiger partial charge in [-0.15, -0.1) is 0 Å². The lowest BCUT2D eigenvalue weighted by Gasteiger charge is -2.20. The standard InChI is InChI=1S/C13H26N2O/c1-3-5-12-6-7-13(16)15(11-8-12)10-4-9-14-2/h12,14H,3-11H2,1-2H3. The molecular weight excluding hydrogens is 200 g/mol. The van der Waals surface area contributed by atoms with E-state index in [1.165, 1.54) is 19.3 Å². The van der Waals surface area contributed by atoms with E-state index in [2.05, 4.69) is 17.1 Å². The molecule has 1 N–H and O–H groups in total. The first kappa shape index (κ1) is 13.5. The first-order valence-corrected chi connectivity index (χ1v) is 6.70. The zero-order valence-electron chi connectivity index (χ0n) is 10.8. The Labute approximate surface area is 99.6 Å². The molecule has 1 unspecified atom stereocenters. The molecule has 1 aliphatic heterocycles. The monoisotopic (exact) mass is 226 g/mol. The van der Waals surface area contributed by atoms with Crippen LogP contribution in [0.3, 0.4) is 0 Å². The minimum Gasteiger partial charge on any atom is -0.343 e. The van der Waals surface area contributed by atoms with Crippen molar-refractivity contribution in [2.45, 2.75) is 45.4 Å². The number of amides is 1. The van der Waals surface area contributed by atoms with Crippen LogP contribution in [-0.2, 0) is 4.79 Å². The molecule has 1 heterocycles. The van der Waals surface area contributed by atoms with E-state index in [9.17, 15) is 4.79 Å². The van der Waals surface area contributed by atoms with Crippen molar-refractivity contribution >= 4 is 5.91 Å². The van der Waals surface area contributed by atoms with E-state index in [1.54, 1.807) is 0 Å². The fourth-order valence-corrected chi connectivity index (χ4v) is 2.47. The lowest BCUT2D eigenvalue weighted by molar-refractivity contribution is -0.130. The third-order valence-corrected chi connectivity index (χ3v) is 3.48. The van der Waals surface area contributed by atoms with Crippen LogP contribution in [0.25, 0.3) is 0 Å². The molecule has 0 aliphatic carbocycles. The summed E-state index contributed by atoms with van der Waals surface area (Å²) in [5.41, 5.74) is 0. The lowest BCUT2D eigenvalue weighted by Crippen LogP contribution is -2.32. The molecule has 1 atom stereocenters. The third kappa shape index (κ3) is 4.52. The van der Waals surface area contributed by atoms with Crippen LogP contribution in [0, 0.1) is 5.92 Å². The van der Waals surface area contributed by atoms with Gasteiger partial charge in [-0.2, -0.15) is 0 Å². The molecule has 1 saturated heterocycles. The first-order chi connectivity index (χ1) is 7.77. The van der Waals surface area contributed by atoms with E-state index in [1.807, 2.05) is 7.05 Å². The average Bonchev–Trinajstić information content (AvgIpc) is 2.45. The largest absolute Gasteiger partial charge is 0.343 e. The summed E-state index contributed by atoms with van der Waals surface area (Å²) in [6, 6.07) is 0. The summed E-state index contributed by atoms with van der Waals surface area (Å²) in [6.07, 6.45) is 6.69. The Morgan fingerprint density at radius 2 is 2.25 bits per heavy atom. The Balaban J connectivity index is 2.32. The van der Waals surface area contributed by atoms with Crippen molar-refractivity contribution in [1.82, 2.24) is 10.2 Å². The summed E-state index contributed by atoms with van der Waals surface area (Å²) >= 11 is 0. The van der Waals surface area contributed by atoms with Gasteiger partial charge in [0.2, 0.25) is 5.91 Å². The molecule has 0 aromatic carbocycles. The number of hydrogen-bond acceptors (Lipinski definition) is 2. The second-order valence-electron chi connectivity index (χ2n) is 4.82. The fourth-order valence-electron chi connectivity index (χ4n) is 2.47. The molecule has 0 bridgehead atoms. The summed E-state index contributed by atoms with van der Waals surface area (Å²) in [4.78, 5) is 13.9. The van der Waals surface area contributed by atoms with Crippen LogP contribution in [0.2, 0.25) is 0 Å². The smallest absolute Gasteiger partial charge is 0.222 e. The van der Waals surface area contributed by atoms with Gasteiger partial charge >= 0.3 is 0 Å². The molecule has 1 rings (SSSR count). The highest BCUT2D eigenvalue weighted by Gasteiger charge is 2.21. The maximum Gasteiger partial charge on any atom is 0.222 e. The molecule has 0 saturated carbocycles. The van der Waals surface area contributed by atoms with E-state index in [0.717, 1.165) is 44.8 Å². The van der Waals surface area contributed by atoms with Crippen LogP contribution < -0.4 is 5.32 Å². The molecule has 1 aliphatic rings. The van der Waals surface area contributed by atoms with Gasteiger partial charge in [-0.25, -0.2) is 0 Å². The predicted molar refractivity (Wildman–Crippen MR) is 67.4 cm³/mol. The maximum absolute atomic E-state index is 11.9. The van der Waals surface area contributed by atoms with Crippen molar-refractivity contribution in [1.29, 1.82) is 0 Å². The van der Waals surface area contributed by atoms with E-state index in [4.69, 9.17) is 0 Å². The Kier molecular flexibility index (Phi) is 6.46. The number of likely N-dealkylation sites (tertiary alicyclic amines) is 1. The third-order valence-electron chi connectivity index (χ3n) is 3.48. The Morgan fingerprint density at radius 1 is 1.44 bits per heavy atom. The summed E-state index contributed by atoms with van der Waals surface area (Å²) in [6.45, 7) is 5.14. The Bertz CT molecular complexity index is 206. The second kappa shape index (κ2) is 7.66. The zero-order chi connectivity index (χ0) is 11.8. The number of rotatable bonds is 6. The number of hydrogen-bond donors (Lipinski definition) is 1. The van der Waals surface area contributed by atoms with Crippen LogP contribution in [0.15, 0.2) is 0 Å². The minimum atomic E-state index is 0.370. The topological polar surface area (TPSA) is 32.3 Å². The Hall–Kier alpha value is -0.570. The molecule has 0 aromatic heterocycles. The molecule has 1 amide bonds. The molecule has 94 valence electrons. The zero-order valence-corrected chi connectivity index (χ0v) is 10.8. The molecule has 1 fully saturated rings. The van der Waals surface area contributed by atoms with Gasteiger partial charge in [0.1, 0.15) is 0 Å². The van der Waals surface area contributed by atoms with Gasteiger partial charge in [-0.05, 0) is 38.8 Å². The highest BCUT2D eigenvalue weighted by Crippen LogP contribution is 2.22. The molecule has 0 aromatic rings. The van der Waals surface area contributed by atoms with Crippen LogP contribution in [0.1, 0.15) is 45.4 Å². The summed E-state index contributed by atoms with van der Waals surface area (Å²) in [7, 11) is 1.96. The summed E-state index contributed by atoms with van der Waals surface area (Å²) < 4.78 is 0. The van der Waals surface area contributed by atoms with Crippen molar-refractivity contribution in [3.63, 3.8) is 0 Å². The van der Waals surface area contributed by atoms with E-state index in [0.29, 0.717) is 5.91 Å². The molecule has 3 heteroatoms. The van der Waals surface area contributed by atoms with Gasteiger partial charge in [0.25, 0.3) is 0 Å². The molecule has 3 nitrogen and oxygen atoms in total. The fraction of sp³-hybridized carbons (Fsp3) is 0.923. The van der Waals surface area contributed by atoms with Crippen molar-refractivity contribution in [3.8, 4) is 0 Å². The number of carbonyl (C=O) groups is 1. The van der Waals surface area contributed by atoms with E-state index >= 15 is 0 Å². The van der Waals surface area contributed by atoms with Gasteiger partial charge in [0.15, 0.2) is 0 Å². The SMILES string of the molecule is CCCC1CCC(=O)N(CCCNC)CC1. The number of nitrogens with zero attached hydrogens (tertiary/aromatic N) is 1. The summed E-state index contributed by atoms with van der Waals surface area (Å²) in [5, 5.41) is 3.13. The number of carbonyl (C=O) groups excluding carboxylic acids is 1. The van der Waals surface area contributed by atoms with Crippen molar-refractivity contribution in [3.05, 3.63) is 0 Å². The Morgan fingerprint density at radius 3 is 2.94 bits per heavy atom. The molecule has 16 heavy (non-hydrogen) atoms. The number of nitrogens with one attached hydrogen (secondary N) is 1. The first-order valence-electron chi connectivity index (χ1n) is 6.70. The van der Waals surface area contributed by atoms with E-state index < -0.39 is 0 Å². The lowest BCUT2D eigenvalue weighted by atomic mass is 9.96. The van der Waals surface area contributed by atoms with Gasteiger partial charge in [0.05, 0.1) is 0 Å². The highest BCUT2D eigenvalue weighted by molar-refractivity contribution is 5.76. The highest BCUT2D eigenvalue weighted by atomic mass is 16.2. The minimum absolute atomic E-state index is 0.370. The van der Waals surface area contributed by atoms with Crippen molar-refractivity contribution in [2.75, 3.05) is 26.7 Å². The van der Waals surface area contributed by atoms with Crippen LogP contribution >= 0.6 is 0 Å². The predicted octanol–water partition coefficient (Wildman–Crippen LogP) is 2.02. The van der Waals surface area contributed by atoms with Crippen LogP contribution in [0.4, 0.5) is 0 Å². The normalized spacial score (nSPS) is 22.2.